The molecule has 10 aromatic rings. The smallest absolute Gasteiger partial charge is 0.216 e. The molecule has 0 atom stereocenters. The van der Waals surface area contributed by atoms with E-state index in [2.05, 4.69) is 137 Å². The number of fused-ring (bicyclic) bond motifs is 5. The van der Waals surface area contributed by atoms with Crippen molar-refractivity contribution in [3.63, 3.8) is 0 Å². The quantitative estimate of drug-likeness (QED) is 0.118. The van der Waals surface area contributed by atoms with Gasteiger partial charge < -0.3 is 14.0 Å². The molecule has 0 bridgehead atoms. The third-order valence-corrected chi connectivity index (χ3v) is 12.7. The average Bonchev–Trinajstić information content (AvgIpc) is 3.86. The van der Waals surface area contributed by atoms with E-state index in [4.69, 9.17) is 16.3 Å². The summed E-state index contributed by atoms with van der Waals surface area (Å²) in [6, 6.07) is 52.8. The molecule has 0 aliphatic heterocycles. The molecule has 0 spiro atoms. The van der Waals surface area contributed by atoms with E-state index in [1.54, 1.807) is 18.3 Å². The molecule has 0 aliphatic rings. The van der Waals surface area contributed by atoms with E-state index in [0.29, 0.717) is 22.5 Å². The summed E-state index contributed by atoms with van der Waals surface area (Å²) in [7, 11) is -1.78. The Balaban J connectivity index is 0.000000193. The van der Waals surface area contributed by atoms with Crippen molar-refractivity contribution in [2.24, 2.45) is 5.92 Å². The van der Waals surface area contributed by atoms with Gasteiger partial charge in [0.1, 0.15) is 0 Å². The van der Waals surface area contributed by atoms with Crippen molar-refractivity contribution in [1.82, 2.24) is 19.5 Å². The van der Waals surface area contributed by atoms with E-state index in [-0.39, 0.29) is 31.6 Å². The van der Waals surface area contributed by atoms with Crippen LogP contribution < -0.4 is 5.19 Å². The first-order valence-electron chi connectivity index (χ1n) is 22.8. The normalized spacial score (nSPS) is 13.3. The Morgan fingerprint density at radius 2 is 1.59 bits per heavy atom. The Bertz CT molecular complexity index is 3380. The first-order valence-corrected chi connectivity index (χ1v) is 23.8. The van der Waals surface area contributed by atoms with Gasteiger partial charge >= 0.3 is 0 Å². The minimum atomic E-state index is -2.16. The van der Waals surface area contributed by atoms with Gasteiger partial charge in [-0.15, -0.1) is 53.6 Å². The van der Waals surface area contributed by atoms with Crippen molar-refractivity contribution < 1.29 is 31.4 Å². The van der Waals surface area contributed by atoms with Gasteiger partial charge in [-0.25, -0.2) is 4.98 Å². The minimum Gasteiger partial charge on any atom is -0.486 e. The Morgan fingerprint density at radius 1 is 0.803 bits per heavy atom. The molecule has 0 aliphatic carbocycles. The van der Waals surface area contributed by atoms with Crippen LogP contribution in [0.3, 0.4) is 0 Å². The van der Waals surface area contributed by atoms with Gasteiger partial charge in [0.15, 0.2) is 0 Å². The Morgan fingerprint density at radius 3 is 2.36 bits per heavy atom. The summed E-state index contributed by atoms with van der Waals surface area (Å²) in [5, 5.41) is 5.33. The number of rotatable bonds is 7. The predicted octanol–water partition coefficient (Wildman–Crippen LogP) is 13.5. The van der Waals surface area contributed by atoms with E-state index in [0.717, 1.165) is 71.9 Å². The third-order valence-electron chi connectivity index (χ3n) is 10.7. The van der Waals surface area contributed by atoms with E-state index in [1.165, 1.54) is 11.5 Å². The molecule has 10 rings (SSSR count). The first-order chi connectivity index (χ1) is 31.0. The van der Waals surface area contributed by atoms with Crippen LogP contribution in [0.5, 0.6) is 0 Å². The fourth-order valence-corrected chi connectivity index (χ4v) is 9.27. The number of pyridine rings is 2. The number of furan rings is 1. The zero-order chi connectivity index (χ0) is 45.8. The summed E-state index contributed by atoms with van der Waals surface area (Å²) < 4.78 is 48.3. The maximum atomic E-state index is 8.59. The maximum absolute atomic E-state index is 8.59. The SMILES string of the molecule is Cc1ccc2c(n1)oc1c(-c3nc4ccccc4n3-c3c(-c4ccccc4)ccc4ccccc34)[c-]ccc12.[2H]C([2H])([2H])c1c[c-]c(-c2cc(C([2H])([2H])C(C)C)c([Si](C)(C)C)cn2)cc1.[Ir]. The van der Waals surface area contributed by atoms with Crippen LogP contribution in [0.15, 0.2) is 150 Å². The maximum Gasteiger partial charge on any atom is 0.216 e. The van der Waals surface area contributed by atoms with Crippen LogP contribution in [0, 0.1) is 31.8 Å². The Labute approximate surface area is 379 Å². The zero-order valence-electron chi connectivity index (χ0n) is 40.0. The average molecular weight is 994 g/mol. The number of nitrogens with zero attached hydrogens (tertiary/aromatic N) is 4. The summed E-state index contributed by atoms with van der Waals surface area (Å²) in [4.78, 5) is 14.4. The Hall–Kier alpha value is -5.98. The fourth-order valence-electron chi connectivity index (χ4n) is 7.86. The Kier molecular flexibility index (Phi) is 10.1. The predicted molar refractivity (Wildman–Crippen MR) is 253 cm³/mol. The van der Waals surface area contributed by atoms with E-state index < -0.39 is 21.3 Å². The number of hydrogen-bond donors (Lipinski definition) is 0. The molecule has 0 fully saturated rings. The summed E-state index contributed by atoms with van der Waals surface area (Å²) in [6.07, 6.45) is 0.328. The van der Waals surface area contributed by atoms with Crippen LogP contribution in [0.2, 0.25) is 19.6 Å². The first kappa shape index (κ1) is 35.7. The monoisotopic (exact) mass is 994 g/mol. The van der Waals surface area contributed by atoms with Crippen molar-refractivity contribution in [3.05, 3.63) is 175 Å². The molecule has 0 saturated carbocycles. The largest absolute Gasteiger partial charge is 0.486 e. The van der Waals surface area contributed by atoms with Crippen molar-refractivity contribution in [2.75, 3.05) is 0 Å². The van der Waals surface area contributed by atoms with Crippen LogP contribution in [0.1, 0.15) is 37.5 Å². The molecule has 4 aromatic heterocycles. The second-order valence-electron chi connectivity index (χ2n) is 16.5. The number of aryl methyl sites for hydroxylation is 2. The second-order valence-corrected chi connectivity index (χ2v) is 21.5. The molecule has 0 saturated heterocycles. The summed E-state index contributed by atoms with van der Waals surface area (Å²) in [5.41, 5.74) is 10.6. The van der Waals surface area contributed by atoms with Gasteiger partial charge in [-0.1, -0.05) is 142 Å². The number of aromatic nitrogens is 4. The minimum absolute atomic E-state index is 0. The topological polar surface area (TPSA) is 56.7 Å². The van der Waals surface area contributed by atoms with Crippen LogP contribution in [0.25, 0.3) is 83.3 Å². The van der Waals surface area contributed by atoms with Gasteiger partial charge in [-0.05, 0) is 65.3 Å². The van der Waals surface area contributed by atoms with E-state index >= 15 is 0 Å². The second kappa shape index (κ2) is 17.2. The summed E-state index contributed by atoms with van der Waals surface area (Å²) >= 11 is 0. The van der Waals surface area contributed by atoms with Crippen molar-refractivity contribution in [1.29, 1.82) is 0 Å². The van der Waals surface area contributed by atoms with Crippen LogP contribution in [-0.2, 0) is 26.5 Å². The summed E-state index contributed by atoms with van der Waals surface area (Å²) in [5.74, 6) is 0.612. The van der Waals surface area contributed by atoms with Gasteiger partial charge in [-0.2, -0.15) is 0 Å². The molecule has 0 amide bonds. The van der Waals surface area contributed by atoms with Crippen molar-refractivity contribution in [3.8, 4) is 39.5 Å². The third kappa shape index (κ3) is 8.26. The molecule has 4 heterocycles. The van der Waals surface area contributed by atoms with Gasteiger partial charge in [-0.3, -0.25) is 4.98 Å². The van der Waals surface area contributed by atoms with E-state index in [1.807, 2.05) is 51.1 Å². The number of benzene rings is 6. The standard InChI is InChI=1S/C35H22N3O.C19H26NSi.Ir/c1-22-18-20-28-27-14-9-15-29(33(27)39-35(28)36-22)34-37-30-16-7-8-17-31(30)38(34)32-25-13-6-5-12-24(25)19-21-26(32)23-10-3-2-4-11-23;1-14(2)11-17-12-18(16-9-7-15(3)8-10-16)20-13-19(17)21(4,5)6;/h2-14,16-21H,1H3;7-9,12-14H,11H2,1-6H3;/q2*-1;/i;3D3,11D2;. The van der Waals surface area contributed by atoms with Crippen LogP contribution in [-0.4, -0.2) is 27.6 Å². The number of para-hydroxylation sites is 2. The van der Waals surface area contributed by atoms with Crippen LogP contribution in [0.4, 0.5) is 0 Å². The summed E-state index contributed by atoms with van der Waals surface area (Å²) in [6.45, 7) is 10.1. The van der Waals surface area contributed by atoms with Crippen molar-refractivity contribution in [2.45, 2.75) is 53.6 Å². The molecular weight excluding hydrogens is 941 g/mol. The van der Waals surface area contributed by atoms with Crippen molar-refractivity contribution >= 4 is 57.1 Å². The molecule has 0 N–H and O–H groups in total. The molecule has 61 heavy (non-hydrogen) atoms. The van der Waals surface area contributed by atoms with Gasteiger partial charge in [0.25, 0.3) is 0 Å². The molecule has 0 unspecified atom stereocenters. The molecular formula is C54H48IrN4OSi-2. The molecule has 7 heteroatoms. The molecule has 1 radical (unpaired) electrons. The number of hydrogen-bond acceptors (Lipinski definition) is 4. The van der Waals surface area contributed by atoms with Gasteiger partial charge in [0.2, 0.25) is 5.71 Å². The molecule has 5 nitrogen and oxygen atoms in total. The van der Waals surface area contributed by atoms with Crippen LogP contribution >= 0.6 is 0 Å². The van der Waals surface area contributed by atoms with Gasteiger partial charge in [0, 0.05) is 55.2 Å². The zero-order valence-corrected chi connectivity index (χ0v) is 38.4. The van der Waals surface area contributed by atoms with E-state index in [9.17, 15) is 0 Å². The molecule has 305 valence electrons. The number of imidazole rings is 1. The fraction of sp³-hybridized carbons (Fsp3) is 0.167. The van der Waals surface area contributed by atoms with Gasteiger partial charge in [0.05, 0.1) is 36.2 Å². The molecule has 6 aromatic carbocycles.